The Labute approximate surface area is 76.8 Å². The van der Waals surface area contributed by atoms with E-state index in [1.165, 1.54) is 23.5 Å². The molecule has 3 heteroatoms. The van der Waals surface area contributed by atoms with Gasteiger partial charge in [0.2, 0.25) is 0 Å². The third-order valence-corrected chi connectivity index (χ3v) is 3.53. The second-order valence-electron chi connectivity index (χ2n) is 3.47. The van der Waals surface area contributed by atoms with Gasteiger partial charge >= 0.3 is 0 Å². The molecule has 0 radical (unpaired) electrons. The molecule has 1 heterocycles. The molecule has 1 aliphatic carbocycles. The van der Waals surface area contributed by atoms with Gasteiger partial charge in [0.25, 0.3) is 0 Å². The second-order valence-corrected chi connectivity index (χ2v) is 4.53. The Hall–Kier alpha value is -0.410. The maximum atomic E-state index is 5.64. The summed E-state index contributed by atoms with van der Waals surface area (Å²) < 4.78 is 0. The first-order chi connectivity index (χ1) is 5.81. The summed E-state index contributed by atoms with van der Waals surface area (Å²) in [5.41, 5.74) is 6.92. The SMILES string of the molecule is Cc1nc(C2CCC2CN)cs1. The molecule has 0 spiro atoms. The number of hydrogen-bond donors (Lipinski definition) is 1. The lowest BCUT2D eigenvalue weighted by molar-refractivity contribution is 0.259. The van der Waals surface area contributed by atoms with E-state index in [2.05, 4.69) is 17.3 Å². The third-order valence-electron chi connectivity index (χ3n) is 2.74. The van der Waals surface area contributed by atoms with E-state index in [0.29, 0.717) is 11.8 Å². The van der Waals surface area contributed by atoms with Crippen LogP contribution in [-0.2, 0) is 0 Å². The highest BCUT2D eigenvalue weighted by Crippen LogP contribution is 2.41. The van der Waals surface area contributed by atoms with Gasteiger partial charge in [0.05, 0.1) is 10.7 Å². The number of rotatable bonds is 2. The molecule has 1 saturated carbocycles. The monoisotopic (exact) mass is 182 g/mol. The van der Waals surface area contributed by atoms with E-state index in [-0.39, 0.29) is 0 Å². The lowest BCUT2D eigenvalue weighted by Crippen LogP contribution is -2.30. The molecule has 2 unspecified atom stereocenters. The van der Waals surface area contributed by atoms with Crippen LogP contribution in [0.3, 0.4) is 0 Å². The van der Waals surface area contributed by atoms with Gasteiger partial charge in [-0.15, -0.1) is 11.3 Å². The van der Waals surface area contributed by atoms with Crippen molar-refractivity contribution in [3.63, 3.8) is 0 Å². The first-order valence-corrected chi connectivity index (χ1v) is 5.31. The van der Waals surface area contributed by atoms with Gasteiger partial charge in [-0.3, -0.25) is 0 Å². The number of aromatic nitrogens is 1. The first-order valence-electron chi connectivity index (χ1n) is 4.43. The van der Waals surface area contributed by atoms with Crippen LogP contribution in [0, 0.1) is 12.8 Å². The molecule has 1 fully saturated rings. The first kappa shape index (κ1) is 8.20. The Morgan fingerprint density at radius 1 is 1.67 bits per heavy atom. The zero-order chi connectivity index (χ0) is 8.55. The maximum Gasteiger partial charge on any atom is 0.0897 e. The smallest absolute Gasteiger partial charge is 0.0897 e. The van der Waals surface area contributed by atoms with Crippen molar-refractivity contribution in [2.24, 2.45) is 11.7 Å². The molecular formula is C9H14N2S. The van der Waals surface area contributed by atoms with Gasteiger partial charge in [0.1, 0.15) is 0 Å². The third kappa shape index (κ3) is 1.27. The molecule has 2 atom stereocenters. The molecule has 2 nitrogen and oxygen atoms in total. The van der Waals surface area contributed by atoms with E-state index in [1.54, 1.807) is 11.3 Å². The molecule has 0 aromatic carbocycles. The van der Waals surface area contributed by atoms with Crippen molar-refractivity contribution in [2.45, 2.75) is 25.7 Å². The summed E-state index contributed by atoms with van der Waals surface area (Å²) in [5, 5.41) is 3.36. The summed E-state index contributed by atoms with van der Waals surface area (Å²) >= 11 is 1.74. The van der Waals surface area contributed by atoms with Crippen LogP contribution in [0.4, 0.5) is 0 Å². The molecule has 0 saturated heterocycles. The Balaban J connectivity index is 2.10. The Morgan fingerprint density at radius 3 is 2.92 bits per heavy atom. The summed E-state index contributed by atoms with van der Waals surface area (Å²) in [7, 11) is 0. The van der Waals surface area contributed by atoms with Gasteiger partial charge in [-0.05, 0) is 32.2 Å². The van der Waals surface area contributed by atoms with Gasteiger partial charge in [-0.2, -0.15) is 0 Å². The van der Waals surface area contributed by atoms with Crippen LogP contribution in [0.5, 0.6) is 0 Å². The van der Waals surface area contributed by atoms with Crippen LogP contribution in [-0.4, -0.2) is 11.5 Å². The van der Waals surface area contributed by atoms with E-state index in [0.717, 1.165) is 6.54 Å². The van der Waals surface area contributed by atoms with Crippen LogP contribution >= 0.6 is 11.3 Å². The fraction of sp³-hybridized carbons (Fsp3) is 0.667. The van der Waals surface area contributed by atoms with E-state index >= 15 is 0 Å². The van der Waals surface area contributed by atoms with Crippen LogP contribution in [0.2, 0.25) is 0 Å². The Bertz CT molecular complexity index is 267. The van der Waals surface area contributed by atoms with Gasteiger partial charge in [0, 0.05) is 11.3 Å². The Morgan fingerprint density at radius 2 is 2.50 bits per heavy atom. The minimum atomic E-state index is 0.667. The largest absolute Gasteiger partial charge is 0.330 e. The quantitative estimate of drug-likeness (QED) is 0.758. The summed E-state index contributed by atoms with van der Waals surface area (Å²) in [5.74, 6) is 1.37. The molecule has 0 aliphatic heterocycles. The number of aryl methyl sites for hydroxylation is 1. The molecular weight excluding hydrogens is 168 g/mol. The normalized spacial score (nSPS) is 28.5. The molecule has 2 rings (SSSR count). The van der Waals surface area contributed by atoms with Crippen molar-refractivity contribution in [1.82, 2.24) is 4.98 Å². The molecule has 2 N–H and O–H groups in total. The van der Waals surface area contributed by atoms with Crippen molar-refractivity contribution in [3.05, 3.63) is 16.1 Å². The molecule has 1 aromatic rings. The number of nitrogens with zero attached hydrogens (tertiary/aromatic N) is 1. The summed E-state index contributed by atoms with van der Waals surface area (Å²) in [6.07, 6.45) is 2.57. The van der Waals surface area contributed by atoms with E-state index < -0.39 is 0 Å². The minimum absolute atomic E-state index is 0.667. The lowest BCUT2D eigenvalue weighted by atomic mass is 9.72. The molecule has 0 amide bonds. The van der Waals surface area contributed by atoms with Crippen LogP contribution in [0.25, 0.3) is 0 Å². The lowest BCUT2D eigenvalue weighted by Gasteiger charge is -2.34. The standard InChI is InChI=1S/C9H14N2S/c1-6-11-9(5-12-6)8-3-2-7(8)4-10/h5,7-8H,2-4,10H2,1H3. The van der Waals surface area contributed by atoms with Crippen molar-refractivity contribution in [1.29, 1.82) is 0 Å². The highest BCUT2D eigenvalue weighted by Gasteiger charge is 2.32. The van der Waals surface area contributed by atoms with Gasteiger partial charge in [-0.25, -0.2) is 4.98 Å². The molecule has 1 aliphatic rings. The van der Waals surface area contributed by atoms with Crippen LogP contribution in [0.15, 0.2) is 5.38 Å². The molecule has 66 valence electrons. The van der Waals surface area contributed by atoms with E-state index in [9.17, 15) is 0 Å². The average Bonchev–Trinajstić information content (AvgIpc) is 2.35. The van der Waals surface area contributed by atoms with Crippen LogP contribution < -0.4 is 5.73 Å². The van der Waals surface area contributed by atoms with Crippen molar-refractivity contribution in [2.75, 3.05) is 6.54 Å². The topological polar surface area (TPSA) is 38.9 Å². The average molecular weight is 182 g/mol. The summed E-state index contributed by atoms with van der Waals surface area (Å²) in [6, 6.07) is 0. The second kappa shape index (κ2) is 3.15. The number of thiazole rings is 1. The van der Waals surface area contributed by atoms with Crippen molar-refractivity contribution >= 4 is 11.3 Å². The highest BCUT2D eigenvalue weighted by atomic mass is 32.1. The van der Waals surface area contributed by atoms with E-state index in [1.807, 2.05) is 0 Å². The molecule has 0 bridgehead atoms. The number of nitrogens with two attached hydrogens (primary N) is 1. The number of hydrogen-bond acceptors (Lipinski definition) is 3. The van der Waals surface area contributed by atoms with Crippen molar-refractivity contribution < 1.29 is 0 Å². The van der Waals surface area contributed by atoms with E-state index in [4.69, 9.17) is 5.73 Å². The maximum absolute atomic E-state index is 5.64. The molecule has 1 aromatic heterocycles. The predicted molar refractivity (Wildman–Crippen MR) is 51.4 cm³/mol. The van der Waals surface area contributed by atoms with Gasteiger partial charge < -0.3 is 5.73 Å². The fourth-order valence-corrected chi connectivity index (χ4v) is 2.47. The summed E-state index contributed by atoms with van der Waals surface area (Å²) in [4.78, 5) is 4.49. The van der Waals surface area contributed by atoms with Crippen molar-refractivity contribution in [3.8, 4) is 0 Å². The Kier molecular flexibility index (Phi) is 2.15. The van der Waals surface area contributed by atoms with Gasteiger partial charge in [-0.1, -0.05) is 0 Å². The zero-order valence-electron chi connectivity index (χ0n) is 7.29. The highest BCUT2D eigenvalue weighted by molar-refractivity contribution is 7.09. The zero-order valence-corrected chi connectivity index (χ0v) is 8.10. The van der Waals surface area contributed by atoms with Gasteiger partial charge in [0.15, 0.2) is 0 Å². The molecule has 12 heavy (non-hydrogen) atoms. The fourth-order valence-electron chi connectivity index (χ4n) is 1.79. The predicted octanol–water partition coefficient (Wildman–Crippen LogP) is 1.90. The minimum Gasteiger partial charge on any atom is -0.330 e. The van der Waals surface area contributed by atoms with Crippen LogP contribution in [0.1, 0.15) is 29.5 Å². The summed E-state index contributed by atoms with van der Waals surface area (Å²) in [6.45, 7) is 2.88.